The average molecular weight is 320 g/mol. The zero-order chi connectivity index (χ0) is 11.6. The Morgan fingerprint density at radius 1 is 1.53 bits per heavy atom. The highest BCUT2D eigenvalue weighted by molar-refractivity contribution is 14.1. The molecule has 78 valence electrons. The molecule has 0 saturated heterocycles. The van der Waals surface area contributed by atoms with E-state index in [1.165, 1.54) is 6.07 Å². The second kappa shape index (κ2) is 4.34. The van der Waals surface area contributed by atoms with Crippen molar-refractivity contribution in [2.45, 2.75) is 0 Å². The molecule has 0 heterocycles. The van der Waals surface area contributed by atoms with Crippen molar-refractivity contribution in [1.29, 1.82) is 0 Å². The van der Waals surface area contributed by atoms with E-state index in [9.17, 15) is 19.7 Å². The van der Waals surface area contributed by atoms with Crippen molar-refractivity contribution in [2.24, 2.45) is 5.73 Å². The Labute approximate surface area is 97.7 Å². The molecule has 1 aromatic carbocycles. The maximum absolute atomic E-state index is 10.9. The number of amides is 1. The van der Waals surface area contributed by atoms with Crippen molar-refractivity contribution in [1.82, 2.24) is 0 Å². The molecule has 0 aliphatic rings. The minimum atomic E-state index is -0.787. The molecule has 1 aromatic rings. The number of benzene rings is 1. The van der Waals surface area contributed by atoms with Crippen molar-refractivity contribution >= 4 is 40.5 Å². The summed E-state index contributed by atoms with van der Waals surface area (Å²) in [5.74, 6) is -0.787. The largest absolute Gasteiger partial charge is 0.366 e. The fourth-order valence-corrected chi connectivity index (χ4v) is 1.69. The SMILES string of the molecule is NC(=O)c1cc(I)c([N+](=O)[O-])cc1C=O. The van der Waals surface area contributed by atoms with Gasteiger partial charge in [-0.1, -0.05) is 0 Å². The second-order valence-corrected chi connectivity index (χ2v) is 3.79. The summed E-state index contributed by atoms with van der Waals surface area (Å²) in [4.78, 5) is 31.4. The molecule has 0 radical (unpaired) electrons. The number of halogens is 1. The van der Waals surface area contributed by atoms with E-state index in [1.807, 2.05) is 0 Å². The Balaban J connectivity index is 3.48. The van der Waals surface area contributed by atoms with E-state index >= 15 is 0 Å². The molecule has 6 nitrogen and oxygen atoms in total. The Morgan fingerprint density at radius 2 is 2.13 bits per heavy atom. The fraction of sp³-hybridized carbons (Fsp3) is 0. The highest BCUT2D eigenvalue weighted by Gasteiger charge is 2.18. The molecule has 0 bridgehead atoms. The monoisotopic (exact) mass is 320 g/mol. The number of nitro benzene ring substituents is 1. The maximum Gasteiger partial charge on any atom is 0.283 e. The molecule has 7 heteroatoms. The number of carbonyl (C=O) groups excluding carboxylic acids is 2. The molecule has 2 N–H and O–H groups in total. The number of rotatable bonds is 3. The lowest BCUT2D eigenvalue weighted by molar-refractivity contribution is -0.385. The van der Waals surface area contributed by atoms with Gasteiger partial charge >= 0.3 is 0 Å². The van der Waals surface area contributed by atoms with Crippen LogP contribution >= 0.6 is 22.6 Å². The van der Waals surface area contributed by atoms with Crippen LogP contribution in [0.15, 0.2) is 12.1 Å². The first-order valence-electron chi connectivity index (χ1n) is 3.70. The van der Waals surface area contributed by atoms with Crippen LogP contribution in [0.5, 0.6) is 0 Å². The van der Waals surface area contributed by atoms with E-state index in [0.717, 1.165) is 6.07 Å². The molecular formula is C8H5IN2O4. The zero-order valence-corrected chi connectivity index (χ0v) is 9.43. The van der Waals surface area contributed by atoms with Gasteiger partial charge in [-0.2, -0.15) is 0 Å². The highest BCUT2D eigenvalue weighted by atomic mass is 127. The van der Waals surface area contributed by atoms with E-state index in [4.69, 9.17) is 5.73 Å². The quantitative estimate of drug-likeness (QED) is 0.390. The minimum Gasteiger partial charge on any atom is -0.366 e. The van der Waals surface area contributed by atoms with Crippen molar-refractivity contribution in [3.8, 4) is 0 Å². The van der Waals surface area contributed by atoms with Gasteiger partial charge in [0.1, 0.15) is 0 Å². The van der Waals surface area contributed by atoms with Gasteiger partial charge in [-0.25, -0.2) is 0 Å². The molecule has 0 aliphatic carbocycles. The van der Waals surface area contributed by atoms with Crippen LogP contribution in [0.3, 0.4) is 0 Å². The molecule has 15 heavy (non-hydrogen) atoms. The lowest BCUT2D eigenvalue weighted by Crippen LogP contribution is -2.14. The van der Waals surface area contributed by atoms with Gasteiger partial charge in [-0.15, -0.1) is 0 Å². The number of nitro groups is 1. The Bertz CT molecular complexity index is 458. The number of aldehydes is 1. The second-order valence-electron chi connectivity index (χ2n) is 2.63. The molecular weight excluding hydrogens is 315 g/mol. The molecule has 0 atom stereocenters. The molecule has 0 aromatic heterocycles. The van der Waals surface area contributed by atoms with Crippen molar-refractivity contribution < 1.29 is 14.5 Å². The Hall–Kier alpha value is -1.51. The normalized spacial score (nSPS) is 9.67. The van der Waals surface area contributed by atoms with Crippen LogP contribution in [0, 0.1) is 13.7 Å². The summed E-state index contributed by atoms with van der Waals surface area (Å²) in [5, 5.41) is 10.5. The Morgan fingerprint density at radius 3 is 2.53 bits per heavy atom. The zero-order valence-electron chi connectivity index (χ0n) is 7.27. The fourth-order valence-electron chi connectivity index (χ4n) is 1.03. The summed E-state index contributed by atoms with van der Waals surface area (Å²) in [6.45, 7) is 0. The molecule has 0 unspecified atom stereocenters. The number of primary amides is 1. The van der Waals surface area contributed by atoms with Crippen molar-refractivity contribution in [2.75, 3.05) is 0 Å². The van der Waals surface area contributed by atoms with Gasteiger partial charge in [0, 0.05) is 11.6 Å². The van der Waals surface area contributed by atoms with Gasteiger partial charge in [0.15, 0.2) is 6.29 Å². The maximum atomic E-state index is 10.9. The first kappa shape index (κ1) is 11.6. The van der Waals surface area contributed by atoms with Crippen LogP contribution in [0.25, 0.3) is 0 Å². The third-order valence-corrected chi connectivity index (χ3v) is 2.57. The molecule has 0 fully saturated rings. The van der Waals surface area contributed by atoms with Crippen molar-refractivity contribution in [3.63, 3.8) is 0 Å². The third kappa shape index (κ3) is 2.29. The first-order valence-corrected chi connectivity index (χ1v) is 4.78. The van der Waals surface area contributed by atoms with Crippen LogP contribution in [0.4, 0.5) is 5.69 Å². The summed E-state index contributed by atoms with van der Waals surface area (Å²) in [7, 11) is 0. The number of carbonyl (C=O) groups is 2. The average Bonchev–Trinajstić information content (AvgIpc) is 2.16. The Kier molecular flexibility index (Phi) is 3.35. The van der Waals surface area contributed by atoms with Crippen LogP contribution in [0.2, 0.25) is 0 Å². The van der Waals surface area contributed by atoms with Gasteiger partial charge in [0.25, 0.3) is 5.69 Å². The van der Waals surface area contributed by atoms with E-state index in [-0.39, 0.29) is 20.4 Å². The van der Waals surface area contributed by atoms with Crippen molar-refractivity contribution in [3.05, 3.63) is 36.9 Å². The predicted octanol–water partition coefficient (Wildman–Crippen LogP) is 1.11. The highest BCUT2D eigenvalue weighted by Crippen LogP contribution is 2.24. The topological polar surface area (TPSA) is 103 Å². The number of hydrogen-bond acceptors (Lipinski definition) is 4. The van der Waals surface area contributed by atoms with Crippen LogP contribution < -0.4 is 5.73 Å². The van der Waals surface area contributed by atoms with Gasteiger partial charge < -0.3 is 5.73 Å². The molecule has 1 amide bonds. The van der Waals surface area contributed by atoms with Gasteiger partial charge in [0.05, 0.1) is 14.1 Å². The standard InChI is InChI=1S/C8H5IN2O4/c9-6-2-5(8(10)13)4(3-12)1-7(6)11(14)15/h1-3H,(H2,10,13). The van der Waals surface area contributed by atoms with Gasteiger partial charge in [0.2, 0.25) is 5.91 Å². The number of nitrogens with two attached hydrogens (primary N) is 1. The summed E-state index contributed by atoms with van der Waals surface area (Å²) >= 11 is 1.70. The number of hydrogen-bond donors (Lipinski definition) is 1. The molecule has 0 saturated carbocycles. The van der Waals surface area contributed by atoms with Gasteiger partial charge in [-0.05, 0) is 28.7 Å². The summed E-state index contributed by atoms with van der Waals surface area (Å²) < 4.78 is 0.261. The van der Waals surface area contributed by atoms with E-state index in [2.05, 4.69) is 0 Å². The molecule has 0 spiro atoms. The minimum absolute atomic E-state index is 0.0139. The lowest BCUT2D eigenvalue weighted by atomic mass is 10.1. The van der Waals surface area contributed by atoms with Crippen LogP contribution in [-0.4, -0.2) is 17.1 Å². The number of nitrogens with zero attached hydrogens (tertiary/aromatic N) is 1. The molecule has 1 rings (SSSR count). The smallest absolute Gasteiger partial charge is 0.283 e. The lowest BCUT2D eigenvalue weighted by Gasteiger charge is -2.02. The van der Waals surface area contributed by atoms with Crippen LogP contribution in [0.1, 0.15) is 20.7 Å². The van der Waals surface area contributed by atoms with E-state index in [1.54, 1.807) is 22.6 Å². The summed E-state index contributed by atoms with van der Waals surface area (Å²) in [5.41, 5.74) is 4.71. The van der Waals surface area contributed by atoms with E-state index < -0.39 is 10.8 Å². The summed E-state index contributed by atoms with van der Waals surface area (Å²) in [6, 6.07) is 2.26. The van der Waals surface area contributed by atoms with Gasteiger partial charge in [-0.3, -0.25) is 19.7 Å². The van der Waals surface area contributed by atoms with E-state index in [0.29, 0.717) is 6.29 Å². The summed E-state index contributed by atoms with van der Waals surface area (Å²) in [6.07, 6.45) is 0.364. The third-order valence-electron chi connectivity index (χ3n) is 1.71. The first-order chi connectivity index (χ1) is 6.97. The van der Waals surface area contributed by atoms with Crippen LogP contribution in [-0.2, 0) is 0 Å². The predicted molar refractivity (Wildman–Crippen MR) is 59.7 cm³/mol. The molecule has 0 aliphatic heterocycles.